The number of ether oxygens (including phenoxy) is 1. The predicted octanol–water partition coefficient (Wildman–Crippen LogP) is 3.40. The van der Waals surface area contributed by atoms with Gasteiger partial charge in [0.1, 0.15) is 10.6 Å². The van der Waals surface area contributed by atoms with Crippen molar-refractivity contribution in [2.24, 2.45) is 0 Å². The lowest BCUT2D eigenvalue weighted by Crippen LogP contribution is -2.27. The van der Waals surface area contributed by atoms with Gasteiger partial charge in [0, 0.05) is 43.2 Å². The molecule has 0 spiro atoms. The molecule has 0 atom stereocenters. The van der Waals surface area contributed by atoms with Crippen LogP contribution in [0.4, 0.5) is 0 Å². The van der Waals surface area contributed by atoms with Crippen LogP contribution < -0.4 is 5.32 Å². The lowest BCUT2D eigenvalue weighted by molar-refractivity contribution is 0.0932. The molecule has 1 heterocycles. The highest BCUT2D eigenvalue weighted by molar-refractivity contribution is 8.13. The fourth-order valence-corrected chi connectivity index (χ4v) is 3.29. The highest BCUT2D eigenvalue weighted by Gasteiger charge is 2.20. The zero-order chi connectivity index (χ0) is 19.7. The van der Waals surface area contributed by atoms with Crippen LogP contribution in [-0.4, -0.2) is 38.7 Å². The van der Waals surface area contributed by atoms with Crippen LogP contribution in [0.15, 0.2) is 47.5 Å². The van der Waals surface area contributed by atoms with E-state index in [2.05, 4.69) is 12.2 Å². The van der Waals surface area contributed by atoms with Crippen molar-refractivity contribution in [1.29, 1.82) is 0 Å². The number of aromatic nitrogens is 1. The standard InChI is InChI=1S/C19H25ClN2O4S/c1-2-3-11-26-12-7-10-21-19(23)18-13-17(27(20,24)25)15-22(18)14-16-8-5-4-6-9-16/h4-6,8-9,13,15H,2-3,7,10-12,14H2,1H3,(H,21,23). The Morgan fingerprint density at radius 2 is 1.89 bits per heavy atom. The van der Waals surface area contributed by atoms with Gasteiger partial charge in [0.2, 0.25) is 0 Å². The molecule has 0 unspecified atom stereocenters. The predicted molar refractivity (Wildman–Crippen MR) is 106 cm³/mol. The van der Waals surface area contributed by atoms with Crippen molar-refractivity contribution < 1.29 is 17.9 Å². The maximum Gasteiger partial charge on any atom is 0.267 e. The third-order valence-corrected chi connectivity index (χ3v) is 5.30. The number of benzene rings is 1. The first-order chi connectivity index (χ1) is 12.9. The Hall–Kier alpha value is -1.83. The van der Waals surface area contributed by atoms with E-state index >= 15 is 0 Å². The van der Waals surface area contributed by atoms with Gasteiger partial charge in [-0.15, -0.1) is 0 Å². The Morgan fingerprint density at radius 3 is 2.56 bits per heavy atom. The maximum absolute atomic E-state index is 12.5. The number of nitrogens with one attached hydrogen (secondary N) is 1. The average molecular weight is 413 g/mol. The highest BCUT2D eigenvalue weighted by Crippen LogP contribution is 2.20. The van der Waals surface area contributed by atoms with Crippen molar-refractivity contribution in [3.8, 4) is 0 Å². The zero-order valence-corrected chi connectivity index (χ0v) is 16.9. The van der Waals surface area contributed by atoms with Crippen molar-refractivity contribution in [1.82, 2.24) is 9.88 Å². The largest absolute Gasteiger partial charge is 0.381 e. The molecule has 0 aliphatic carbocycles. The fourth-order valence-electron chi connectivity index (χ4n) is 2.53. The Morgan fingerprint density at radius 1 is 1.19 bits per heavy atom. The first-order valence-corrected chi connectivity index (χ1v) is 11.3. The number of hydrogen-bond acceptors (Lipinski definition) is 4. The molecular weight excluding hydrogens is 388 g/mol. The number of carbonyl (C=O) groups is 1. The molecule has 0 bridgehead atoms. The molecule has 1 N–H and O–H groups in total. The summed E-state index contributed by atoms with van der Waals surface area (Å²) in [6.07, 6.45) is 4.18. The van der Waals surface area contributed by atoms with Crippen LogP contribution in [-0.2, 0) is 20.3 Å². The number of hydrogen-bond donors (Lipinski definition) is 1. The lowest BCUT2D eigenvalue weighted by Gasteiger charge is -2.10. The Balaban J connectivity index is 2.02. The second-order valence-electron chi connectivity index (χ2n) is 6.19. The highest BCUT2D eigenvalue weighted by atomic mass is 35.7. The van der Waals surface area contributed by atoms with Crippen LogP contribution in [0.1, 0.15) is 42.2 Å². The van der Waals surface area contributed by atoms with Crippen LogP contribution in [0.5, 0.6) is 0 Å². The van der Waals surface area contributed by atoms with E-state index in [0.717, 1.165) is 25.0 Å². The molecule has 0 saturated carbocycles. The summed E-state index contributed by atoms with van der Waals surface area (Å²) in [5, 5.41) is 2.80. The molecule has 2 rings (SSSR count). The van der Waals surface area contributed by atoms with Crippen LogP contribution in [0.2, 0.25) is 0 Å². The lowest BCUT2D eigenvalue weighted by atomic mass is 10.2. The first kappa shape index (κ1) is 21.5. The van der Waals surface area contributed by atoms with Crippen molar-refractivity contribution in [2.45, 2.75) is 37.6 Å². The van der Waals surface area contributed by atoms with Gasteiger partial charge >= 0.3 is 0 Å². The van der Waals surface area contributed by atoms with E-state index in [9.17, 15) is 13.2 Å². The van der Waals surface area contributed by atoms with Gasteiger partial charge in [-0.25, -0.2) is 8.42 Å². The van der Waals surface area contributed by atoms with Crippen LogP contribution in [0.25, 0.3) is 0 Å². The number of nitrogens with zero attached hydrogens (tertiary/aromatic N) is 1. The molecule has 8 heteroatoms. The summed E-state index contributed by atoms with van der Waals surface area (Å²) in [7, 11) is 1.53. The Bertz CT molecular complexity index is 835. The molecule has 0 fully saturated rings. The topological polar surface area (TPSA) is 77.4 Å². The van der Waals surface area contributed by atoms with Crippen molar-refractivity contribution >= 4 is 25.6 Å². The smallest absolute Gasteiger partial charge is 0.267 e. The summed E-state index contributed by atoms with van der Waals surface area (Å²) in [5.74, 6) is -0.342. The number of amides is 1. The second kappa shape index (κ2) is 10.5. The van der Waals surface area contributed by atoms with Gasteiger partial charge < -0.3 is 14.6 Å². The SMILES string of the molecule is CCCCOCCCNC(=O)c1cc(S(=O)(=O)Cl)cn1Cc1ccccc1. The number of rotatable bonds is 11. The van der Waals surface area contributed by atoms with E-state index in [1.54, 1.807) is 4.57 Å². The normalized spacial score (nSPS) is 11.5. The van der Waals surface area contributed by atoms with E-state index in [-0.39, 0.29) is 16.5 Å². The van der Waals surface area contributed by atoms with E-state index < -0.39 is 9.05 Å². The summed E-state index contributed by atoms with van der Waals surface area (Å²) >= 11 is 0. The van der Waals surface area contributed by atoms with Gasteiger partial charge in [0.15, 0.2) is 0 Å². The molecule has 2 aromatic rings. The van der Waals surface area contributed by atoms with Crippen LogP contribution >= 0.6 is 10.7 Å². The monoisotopic (exact) mass is 412 g/mol. The van der Waals surface area contributed by atoms with Crippen molar-refractivity contribution in [2.75, 3.05) is 19.8 Å². The molecule has 0 radical (unpaired) electrons. The molecule has 0 aliphatic rings. The van der Waals surface area contributed by atoms with Gasteiger partial charge in [-0.05, 0) is 24.5 Å². The van der Waals surface area contributed by atoms with Crippen LogP contribution in [0.3, 0.4) is 0 Å². The van der Waals surface area contributed by atoms with Gasteiger partial charge in [-0.3, -0.25) is 4.79 Å². The fraction of sp³-hybridized carbons (Fsp3) is 0.421. The molecule has 6 nitrogen and oxygen atoms in total. The molecule has 27 heavy (non-hydrogen) atoms. The van der Waals surface area contributed by atoms with Gasteiger partial charge in [-0.1, -0.05) is 43.7 Å². The van der Waals surface area contributed by atoms with Crippen LogP contribution in [0, 0.1) is 0 Å². The van der Waals surface area contributed by atoms with E-state index in [4.69, 9.17) is 15.4 Å². The Labute approximate surface area is 164 Å². The molecule has 148 valence electrons. The summed E-state index contributed by atoms with van der Waals surface area (Å²) in [6, 6.07) is 10.8. The van der Waals surface area contributed by atoms with Gasteiger partial charge in [-0.2, -0.15) is 0 Å². The number of unbranched alkanes of at least 4 members (excludes halogenated alkanes) is 1. The van der Waals surface area contributed by atoms with Gasteiger partial charge in [0.05, 0.1) is 0 Å². The third kappa shape index (κ3) is 7.01. The zero-order valence-electron chi connectivity index (χ0n) is 15.4. The van der Waals surface area contributed by atoms with E-state index in [1.807, 2.05) is 30.3 Å². The summed E-state index contributed by atoms with van der Waals surface area (Å²) in [5.41, 5.74) is 1.20. The third-order valence-electron chi connectivity index (χ3n) is 3.97. The Kier molecular flexibility index (Phi) is 8.34. The molecule has 0 saturated heterocycles. The van der Waals surface area contributed by atoms with Crippen molar-refractivity contribution in [3.63, 3.8) is 0 Å². The average Bonchev–Trinajstić information content (AvgIpc) is 3.06. The molecule has 1 aromatic heterocycles. The second-order valence-corrected chi connectivity index (χ2v) is 8.75. The summed E-state index contributed by atoms with van der Waals surface area (Å²) in [6.45, 7) is 4.22. The quantitative estimate of drug-likeness (QED) is 0.453. The number of carbonyl (C=O) groups excluding carboxylic acids is 1. The first-order valence-electron chi connectivity index (χ1n) is 8.96. The molecule has 1 amide bonds. The van der Waals surface area contributed by atoms with E-state index in [0.29, 0.717) is 26.1 Å². The minimum absolute atomic E-state index is 0.0897. The number of halogens is 1. The van der Waals surface area contributed by atoms with Crippen molar-refractivity contribution in [3.05, 3.63) is 53.9 Å². The summed E-state index contributed by atoms with van der Waals surface area (Å²) in [4.78, 5) is 12.4. The van der Waals surface area contributed by atoms with Gasteiger partial charge in [0.25, 0.3) is 15.0 Å². The van der Waals surface area contributed by atoms with E-state index in [1.165, 1.54) is 12.3 Å². The molecular formula is C19H25ClN2O4S. The molecule has 0 aliphatic heterocycles. The summed E-state index contributed by atoms with van der Waals surface area (Å²) < 4.78 is 30.4. The molecule has 1 aromatic carbocycles. The minimum atomic E-state index is -3.92. The minimum Gasteiger partial charge on any atom is -0.381 e. The maximum atomic E-state index is 12.5.